The number of aryl methyl sites for hydroxylation is 1. The van der Waals surface area contributed by atoms with Crippen LogP contribution in [0.2, 0.25) is 0 Å². The van der Waals surface area contributed by atoms with Crippen LogP contribution in [0, 0.1) is 0 Å². The van der Waals surface area contributed by atoms with Gasteiger partial charge in [-0.1, -0.05) is 27.7 Å². The van der Waals surface area contributed by atoms with Crippen molar-refractivity contribution in [2.75, 3.05) is 11.1 Å². The Morgan fingerprint density at radius 1 is 1.16 bits per heavy atom. The molecule has 0 fully saturated rings. The minimum Gasteiger partial charge on any atom is -0.457 e. The highest BCUT2D eigenvalue weighted by Gasteiger charge is 2.07. The molecule has 1 aromatic heterocycles. The van der Waals surface area contributed by atoms with E-state index in [0.717, 1.165) is 21.1 Å². The number of halogens is 1. The van der Waals surface area contributed by atoms with Gasteiger partial charge in [-0.3, -0.25) is 4.79 Å². The summed E-state index contributed by atoms with van der Waals surface area (Å²) >= 11 is 4.79. The number of anilines is 1. The molecule has 5 nitrogen and oxygen atoms in total. The van der Waals surface area contributed by atoms with Crippen molar-refractivity contribution in [1.29, 1.82) is 0 Å². The Hall–Kier alpha value is -2.25. The van der Waals surface area contributed by atoms with Crippen molar-refractivity contribution in [2.24, 2.45) is 7.05 Å². The van der Waals surface area contributed by atoms with Crippen LogP contribution >= 0.6 is 27.7 Å². The van der Waals surface area contributed by atoms with Gasteiger partial charge in [-0.15, -0.1) is 0 Å². The van der Waals surface area contributed by atoms with E-state index < -0.39 is 0 Å². The number of benzene rings is 2. The number of carbonyl (C=O) groups excluding carboxylic acids is 1. The van der Waals surface area contributed by atoms with Crippen LogP contribution < -0.4 is 10.1 Å². The van der Waals surface area contributed by atoms with Crippen molar-refractivity contribution >= 4 is 39.3 Å². The predicted octanol–water partition coefficient (Wildman–Crippen LogP) is 4.71. The van der Waals surface area contributed by atoms with E-state index in [4.69, 9.17) is 4.74 Å². The minimum atomic E-state index is -0.0745. The molecule has 0 bridgehead atoms. The monoisotopic (exact) mass is 417 g/mol. The number of nitrogens with one attached hydrogen (secondary N) is 1. The van der Waals surface area contributed by atoms with Gasteiger partial charge < -0.3 is 14.6 Å². The molecule has 0 aliphatic carbocycles. The summed E-state index contributed by atoms with van der Waals surface area (Å²) in [6, 6.07) is 14.9. The summed E-state index contributed by atoms with van der Waals surface area (Å²) in [5.74, 6) is 1.70. The van der Waals surface area contributed by atoms with Gasteiger partial charge in [-0.2, -0.15) is 0 Å². The number of amides is 1. The normalized spacial score (nSPS) is 10.5. The Labute approximate surface area is 158 Å². The average Bonchev–Trinajstić information content (AvgIpc) is 3.02. The van der Waals surface area contributed by atoms with Gasteiger partial charge in [0.1, 0.15) is 11.5 Å². The van der Waals surface area contributed by atoms with Crippen LogP contribution in [-0.4, -0.2) is 21.2 Å². The number of rotatable bonds is 6. The fourth-order valence-corrected chi connectivity index (χ4v) is 3.06. The van der Waals surface area contributed by atoms with Gasteiger partial charge in [-0.25, -0.2) is 4.98 Å². The summed E-state index contributed by atoms with van der Waals surface area (Å²) in [6.45, 7) is 0. The Morgan fingerprint density at radius 2 is 1.80 bits per heavy atom. The smallest absolute Gasteiger partial charge is 0.234 e. The predicted molar refractivity (Wildman–Crippen MR) is 103 cm³/mol. The number of hydrogen-bond donors (Lipinski definition) is 1. The number of ether oxygens (including phenoxy) is 1. The summed E-state index contributed by atoms with van der Waals surface area (Å²) < 4.78 is 8.64. The van der Waals surface area contributed by atoms with E-state index in [9.17, 15) is 4.79 Å². The molecule has 0 aliphatic heterocycles. The molecular formula is C18H16BrN3O2S. The fraction of sp³-hybridized carbons (Fsp3) is 0.111. The van der Waals surface area contributed by atoms with Crippen LogP contribution in [0.1, 0.15) is 0 Å². The van der Waals surface area contributed by atoms with Crippen LogP contribution in [0.25, 0.3) is 0 Å². The van der Waals surface area contributed by atoms with E-state index >= 15 is 0 Å². The van der Waals surface area contributed by atoms with Crippen molar-refractivity contribution in [2.45, 2.75) is 5.16 Å². The Morgan fingerprint density at radius 3 is 2.40 bits per heavy atom. The first-order chi connectivity index (χ1) is 12.1. The maximum atomic E-state index is 12.0. The van der Waals surface area contributed by atoms with Crippen LogP contribution in [0.4, 0.5) is 5.69 Å². The van der Waals surface area contributed by atoms with Crippen molar-refractivity contribution in [1.82, 2.24) is 9.55 Å². The third-order valence-electron chi connectivity index (χ3n) is 3.30. The molecule has 0 radical (unpaired) electrons. The van der Waals surface area contributed by atoms with Gasteiger partial charge in [0.2, 0.25) is 5.91 Å². The molecule has 1 amide bonds. The van der Waals surface area contributed by atoms with Crippen LogP contribution in [0.5, 0.6) is 11.5 Å². The highest BCUT2D eigenvalue weighted by molar-refractivity contribution is 9.10. The Bertz CT molecular complexity index is 848. The Kier molecular flexibility index (Phi) is 5.78. The second kappa shape index (κ2) is 8.22. The van der Waals surface area contributed by atoms with Crippen LogP contribution in [-0.2, 0) is 11.8 Å². The highest BCUT2D eigenvalue weighted by atomic mass is 79.9. The van der Waals surface area contributed by atoms with E-state index in [1.54, 1.807) is 6.20 Å². The molecular weight excluding hydrogens is 402 g/mol. The number of aromatic nitrogens is 2. The molecule has 0 saturated carbocycles. The van der Waals surface area contributed by atoms with Crippen molar-refractivity contribution in [3.05, 3.63) is 65.4 Å². The third kappa shape index (κ3) is 5.11. The van der Waals surface area contributed by atoms with Crippen molar-refractivity contribution in [3.8, 4) is 11.5 Å². The molecule has 128 valence electrons. The second-order valence-electron chi connectivity index (χ2n) is 5.24. The molecule has 0 atom stereocenters. The molecule has 0 unspecified atom stereocenters. The summed E-state index contributed by atoms with van der Waals surface area (Å²) in [4.78, 5) is 16.2. The topological polar surface area (TPSA) is 56.2 Å². The van der Waals surface area contributed by atoms with Crippen LogP contribution in [0.3, 0.4) is 0 Å². The quantitative estimate of drug-likeness (QED) is 0.590. The van der Waals surface area contributed by atoms with Crippen LogP contribution in [0.15, 0.2) is 70.6 Å². The Balaban J connectivity index is 1.52. The SMILES string of the molecule is Cn1ccnc1SCC(=O)Nc1ccc(Oc2ccc(Br)cc2)cc1. The molecule has 1 heterocycles. The number of hydrogen-bond acceptors (Lipinski definition) is 4. The first kappa shape index (κ1) is 17.6. The van der Waals surface area contributed by atoms with Crippen molar-refractivity contribution in [3.63, 3.8) is 0 Å². The van der Waals surface area contributed by atoms with E-state index in [1.165, 1.54) is 11.8 Å². The van der Waals surface area contributed by atoms with Gasteiger partial charge in [-0.05, 0) is 48.5 Å². The molecule has 2 aromatic carbocycles. The number of thioether (sulfide) groups is 1. The van der Waals surface area contributed by atoms with Gasteiger partial charge in [0.15, 0.2) is 5.16 Å². The summed E-state index contributed by atoms with van der Waals surface area (Å²) in [7, 11) is 1.90. The second-order valence-corrected chi connectivity index (χ2v) is 7.10. The number of nitrogens with zero attached hydrogens (tertiary/aromatic N) is 2. The number of imidazole rings is 1. The van der Waals surface area contributed by atoms with E-state index in [1.807, 2.05) is 66.3 Å². The molecule has 0 aliphatic rings. The molecule has 3 aromatic rings. The van der Waals surface area contributed by atoms with E-state index in [-0.39, 0.29) is 5.91 Å². The third-order valence-corrected chi connectivity index (χ3v) is 4.88. The summed E-state index contributed by atoms with van der Waals surface area (Å²) in [5.41, 5.74) is 0.730. The van der Waals surface area contributed by atoms with Crippen molar-refractivity contribution < 1.29 is 9.53 Å². The zero-order valence-corrected chi connectivity index (χ0v) is 15.9. The lowest BCUT2D eigenvalue weighted by molar-refractivity contribution is -0.113. The molecule has 0 spiro atoms. The standard InChI is InChI=1S/C18H16BrN3O2S/c1-22-11-10-20-18(22)25-12-17(23)21-14-4-8-16(9-5-14)24-15-6-2-13(19)3-7-15/h2-11H,12H2,1H3,(H,21,23). The molecule has 3 rings (SSSR count). The zero-order valence-electron chi connectivity index (χ0n) is 13.5. The first-order valence-electron chi connectivity index (χ1n) is 7.53. The molecule has 7 heteroatoms. The summed E-state index contributed by atoms with van der Waals surface area (Å²) in [6.07, 6.45) is 3.56. The average molecular weight is 418 g/mol. The highest BCUT2D eigenvalue weighted by Crippen LogP contribution is 2.24. The van der Waals surface area contributed by atoms with Gasteiger partial charge >= 0.3 is 0 Å². The molecule has 25 heavy (non-hydrogen) atoms. The van der Waals surface area contributed by atoms with E-state index in [0.29, 0.717) is 11.5 Å². The fourth-order valence-electron chi connectivity index (χ4n) is 2.06. The lowest BCUT2D eigenvalue weighted by Gasteiger charge is -2.08. The minimum absolute atomic E-state index is 0.0745. The maximum Gasteiger partial charge on any atom is 0.234 e. The lowest BCUT2D eigenvalue weighted by atomic mass is 10.3. The molecule has 1 N–H and O–H groups in total. The number of carbonyl (C=O) groups is 1. The summed E-state index contributed by atoms with van der Waals surface area (Å²) in [5, 5.41) is 3.68. The molecule has 0 saturated heterocycles. The first-order valence-corrected chi connectivity index (χ1v) is 9.31. The van der Waals surface area contributed by atoms with Gasteiger partial charge in [0.05, 0.1) is 5.75 Å². The zero-order chi connectivity index (χ0) is 17.6. The largest absolute Gasteiger partial charge is 0.457 e. The lowest BCUT2D eigenvalue weighted by Crippen LogP contribution is -2.14. The van der Waals surface area contributed by atoms with Gasteiger partial charge in [0, 0.05) is 29.6 Å². The van der Waals surface area contributed by atoms with E-state index in [2.05, 4.69) is 26.2 Å². The van der Waals surface area contributed by atoms with Gasteiger partial charge in [0.25, 0.3) is 0 Å². The maximum absolute atomic E-state index is 12.0.